The van der Waals surface area contributed by atoms with Gasteiger partial charge in [-0.05, 0) is 24.1 Å². The zero-order valence-corrected chi connectivity index (χ0v) is 16.5. The summed E-state index contributed by atoms with van der Waals surface area (Å²) >= 11 is 1.94. The number of anilines is 2. The lowest BCUT2D eigenvalue weighted by atomic mass is 10.1. The van der Waals surface area contributed by atoms with E-state index >= 15 is 0 Å². The van der Waals surface area contributed by atoms with Gasteiger partial charge in [-0.1, -0.05) is 42.5 Å². The average molecular weight is 382 g/mol. The summed E-state index contributed by atoms with van der Waals surface area (Å²) in [5.41, 5.74) is 3.52. The molecule has 2 aliphatic rings. The Kier molecular flexibility index (Phi) is 6.00. The molecule has 2 aromatic rings. The lowest BCUT2D eigenvalue weighted by Gasteiger charge is -2.29. The van der Waals surface area contributed by atoms with Crippen LogP contribution in [0.25, 0.3) is 0 Å². The van der Waals surface area contributed by atoms with Gasteiger partial charge in [-0.3, -0.25) is 4.79 Å². The van der Waals surface area contributed by atoms with E-state index in [1.54, 1.807) is 0 Å². The van der Waals surface area contributed by atoms with Gasteiger partial charge in [-0.2, -0.15) is 11.8 Å². The molecule has 0 bridgehead atoms. The van der Waals surface area contributed by atoms with Crippen molar-refractivity contribution in [3.05, 3.63) is 60.2 Å². The SMILES string of the molecule is O=C(CC1CSCCN1)N1CCCN(Cc2ccccc2)c2ccccc21. The van der Waals surface area contributed by atoms with E-state index in [1.807, 2.05) is 22.7 Å². The van der Waals surface area contributed by atoms with E-state index in [9.17, 15) is 4.79 Å². The fourth-order valence-electron chi connectivity index (χ4n) is 3.92. The molecule has 0 spiro atoms. The minimum atomic E-state index is 0.240. The number of hydrogen-bond acceptors (Lipinski definition) is 4. The van der Waals surface area contributed by atoms with Gasteiger partial charge in [0.25, 0.3) is 0 Å². The maximum Gasteiger partial charge on any atom is 0.228 e. The van der Waals surface area contributed by atoms with E-state index in [4.69, 9.17) is 0 Å². The largest absolute Gasteiger partial charge is 0.365 e. The number of thioether (sulfide) groups is 1. The fourth-order valence-corrected chi connectivity index (χ4v) is 4.87. The Morgan fingerprint density at radius 3 is 2.59 bits per heavy atom. The monoisotopic (exact) mass is 381 g/mol. The van der Waals surface area contributed by atoms with Gasteiger partial charge in [0.15, 0.2) is 0 Å². The molecular weight excluding hydrogens is 354 g/mol. The summed E-state index contributed by atoms with van der Waals surface area (Å²) in [4.78, 5) is 17.5. The van der Waals surface area contributed by atoms with Crippen molar-refractivity contribution >= 4 is 29.0 Å². The highest BCUT2D eigenvalue weighted by Gasteiger charge is 2.27. The smallest absolute Gasteiger partial charge is 0.228 e. The summed E-state index contributed by atoms with van der Waals surface area (Å²) < 4.78 is 0. The van der Waals surface area contributed by atoms with Crippen molar-refractivity contribution in [2.75, 3.05) is 40.9 Å². The van der Waals surface area contributed by atoms with Crippen LogP contribution in [0.2, 0.25) is 0 Å². The number of amides is 1. The highest BCUT2D eigenvalue weighted by Crippen LogP contribution is 2.33. The zero-order chi connectivity index (χ0) is 18.5. The first-order valence-electron chi connectivity index (χ1n) is 9.80. The molecule has 27 heavy (non-hydrogen) atoms. The predicted molar refractivity (Wildman–Crippen MR) is 115 cm³/mol. The van der Waals surface area contributed by atoms with E-state index in [0.29, 0.717) is 12.5 Å². The van der Waals surface area contributed by atoms with Gasteiger partial charge in [-0.25, -0.2) is 0 Å². The van der Waals surface area contributed by atoms with Gasteiger partial charge < -0.3 is 15.1 Å². The van der Waals surface area contributed by atoms with Crippen molar-refractivity contribution in [2.24, 2.45) is 0 Å². The minimum Gasteiger partial charge on any atom is -0.365 e. The Morgan fingerprint density at radius 2 is 1.81 bits per heavy atom. The maximum absolute atomic E-state index is 13.1. The Hall–Kier alpha value is -1.98. The summed E-state index contributed by atoms with van der Waals surface area (Å²) in [5, 5.41) is 3.49. The molecule has 1 atom stereocenters. The number of carbonyl (C=O) groups is 1. The van der Waals surface area contributed by atoms with E-state index in [0.717, 1.165) is 55.5 Å². The molecule has 142 valence electrons. The maximum atomic E-state index is 13.1. The van der Waals surface area contributed by atoms with E-state index < -0.39 is 0 Å². The quantitative estimate of drug-likeness (QED) is 0.879. The third-order valence-electron chi connectivity index (χ3n) is 5.26. The van der Waals surface area contributed by atoms with Gasteiger partial charge in [0, 0.05) is 50.1 Å². The highest BCUT2D eigenvalue weighted by atomic mass is 32.2. The predicted octanol–water partition coefficient (Wildman–Crippen LogP) is 3.53. The number of hydrogen-bond donors (Lipinski definition) is 1. The summed E-state index contributed by atoms with van der Waals surface area (Å²) in [6.45, 7) is 3.64. The Morgan fingerprint density at radius 1 is 1.04 bits per heavy atom. The Labute approximate surface area is 165 Å². The normalized spacial score (nSPS) is 20.1. The average Bonchev–Trinajstić information content (AvgIpc) is 2.89. The number of nitrogens with zero attached hydrogens (tertiary/aromatic N) is 2. The minimum absolute atomic E-state index is 0.240. The Bertz CT molecular complexity index is 761. The number of fused-ring (bicyclic) bond motifs is 1. The van der Waals surface area contributed by atoms with Gasteiger partial charge >= 0.3 is 0 Å². The van der Waals surface area contributed by atoms with E-state index in [2.05, 4.69) is 58.7 Å². The lowest BCUT2D eigenvalue weighted by molar-refractivity contribution is -0.119. The Balaban J connectivity index is 1.54. The summed E-state index contributed by atoms with van der Waals surface area (Å²) in [6.07, 6.45) is 1.57. The molecule has 1 fully saturated rings. The molecule has 2 heterocycles. The van der Waals surface area contributed by atoms with Gasteiger partial charge in [0.05, 0.1) is 11.4 Å². The van der Waals surface area contributed by atoms with Gasteiger partial charge in [0.1, 0.15) is 0 Å². The van der Waals surface area contributed by atoms with Crippen LogP contribution in [0.3, 0.4) is 0 Å². The summed E-state index contributed by atoms with van der Waals surface area (Å²) in [7, 11) is 0. The molecule has 1 N–H and O–H groups in total. The highest BCUT2D eigenvalue weighted by molar-refractivity contribution is 7.99. The van der Waals surface area contributed by atoms with Crippen molar-refractivity contribution in [3.63, 3.8) is 0 Å². The number of rotatable bonds is 4. The van der Waals surface area contributed by atoms with Crippen molar-refractivity contribution in [2.45, 2.75) is 25.4 Å². The standard InChI is InChI=1S/C22H27N3OS/c26-22(15-19-17-27-14-11-23-19)25-13-6-12-24(16-18-7-2-1-3-8-18)20-9-4-5-10-21(20)25/h1-5,7-10,19,23H,6,11-17H2. The van der Waals surface area contributed by atoms with Gasteiger partial charge in [0.2, 0.25) is 5.91 Å². The first-order chi connectivity index (χ1) is 13.3. The topological polar surface area (TPSA) is 35.6 Å². The second kappa shape index (κ2) is 8.81. The van der Waals surface area contributed by atoms with Gasteiger partial charge in [-0.15, -0.1) is 0 Å². The van der Waals surface area contributed by atoms with Crippen molar-refractivity contribution in [3.8, 4) is 0 Å². The van der Waals surface area contributed by atoms with Crippen molar-refractivity contribution in [1.29, 1.82) is 0 Å². The van der Waals surface area contributed by atoms with Crippen LogP contribution >= 0.6 is 11.8 Å². The molecule has 1 amide bonds. The number of carbonyl (C=O) groups excluding carboxylic acids is 1. The van der Waals surface area contributed by atoms with Crippen LogP contribution in [0, 0.1) is 0 Å². The molecule has 2 aliphatic heterocycles. The molecule has 5 heteroatoms. The van der Waals surface area contributed by atoms with Crippen LogP contribution in [0.4, 0.5) is 11.4 Å². The van der Waals surface area contributed by atoms with Crippen LogP contribution < -0.4 is 15.1 Å². The molecule has 0 aliphatic carbocycles. The molecule has 0 aromatic heterocycles. The van der Waals surface area contributed by atoms with Crippen molar-refractivity contribution in [1.82, 2.24) is 5.32 Å². The fraction of sp³-hybridized carbons (Fsp3) is 0.409. The summed E-state index contributed by atoms with van der Waals surface area (Å²) in [5.74, 6) is 2.41. The van der Waals surface area contributed by atoms with Crippen LogP contribution in [0.1, 0.15) is 18.4 Å². The zero-order valence-electron chi connectivity index (χ0n) is 15.6. The van der Waals surface area contributed by atoms with Crippen molar-refractivity contribution < 1.29 is 4.79 Å². The molecule has 2 aromatic carbocycles. The number of para-hydroxylation sites is 2. The molecule has 4 rings (SSSR count). The molecule has 1 saturated heterocycles. The number of nitrogens with one attached hydrogen (secondary N) is 1. The first-order valence-corrected chi connectivity index (χ1v) is 11.0. The molecule has 1 unspecified atom stereocenters. The second-order valence-corrected chi connectivity index (χ2v) is 8.37. The lowest BCUT2D eigenvalue weighted by Crippen LogP contribution is -2.43. The third-order valence-corrected chi connectivity index (χ3v) is 6.39. The third kappa shape index (κ3) is 4.47. The van der Waals surface area contributed by atoms with Crippen LogP contribution in [0.15, 0.2) is 54.6 Å². The first kappa shape index (κ1) is 18.4. The molecule has 0 radical (unpaired) electrons. The molecule has 4 nitrogen and oxygen atoms in total. The molecule has 0 saturated carbocycles. The number of benzene rings is 2. The molecular formula is C22H27N3OS. The van der Waals surface area contributed by atoms with Crippen LogP contribution in [-0.2, 0) is 11.3 Å². The van der Waals surface area contributed by atoms with E-state index in [1.165, 1.54) is 5.56 Å². The van der Waals surface area contributed by atoms with Crippen LogP contribution in [0.5, 0.6) is 0 Å². The van der Waals surface area contributed by atoms with Crippen LogP contribution in [-0.4, -0.2) is 43.1 Å². The second-order valence-electron chi connectivity index (χ2n) is 7.22. The van der Waals surface area contributed by atoms with E-state index in [-0.39, 0.29) is 5.91 Å². The summed E-state index contributed by atoms with van der Waals surface area (Å²) in [6, 6.07) is 19.2.